The third kappa shape index (κ3) is 2.24. The van der Waals surface area contributed by atoms with E-state index in [1.807, 2.05) is 0 Å². The van der Waals surface area contributed by atoms with Gasteiger partial charge in [0.25, 0.3) is 0 Å². The number of nitrogens with two attached hydrogens (primary N) is 1. The summed E-state index contributed by atoms with van der Waals surface area (Å²) < 4.78 is 2.16. The number of nitrogens with zero attached hydrogens (tertiary/aromatic N) is 3. The second kappa shape index (κ2) is 5.55. The average Bonchev–Trinajstić information content (AvgIpc) is 3.15. The van der Waals surface area contributed by atoms with Crippen molar-refractivity contribution in [2.24, 2.45) is 5.73 Å². The summed E-state index contributed by atoms with van der Waals surface area (Å²) in [7, 11) is 2.11. The number of fused-ring (bicyclic) bond motifs is 1. The summed E-state index contributed by atoms with van der Waals surface area (Å²) in [6.07, 6.45) is 2.92. The predicted molar refractivity (Wildman–Crippen MR) is 87.0 cm³/mol. The van der Waals surface area contributed by atoms with Crippen LogP contribution >= 0.6 is 22.7 Å². The van der Waals surface area contributed by atoms with Crippen LogP contribution in [0.15, 0.2) is 29.1 Å². The molecule has 0 spiro atoms. The molecule has 106 valence electrons. The summed E-state index contributed by atoms with van der Waals surface area (Å²) in [5.74, 6) is 1.04. The molecular weight excluding hydrogens is 288 g/mol. The zero-order chi connectivity index (χ0) is 14.1. The van der Waals surface area contributed by atoms with Crippen LogP contribution in [-0.2, 0) is 6.42 Å². The first-order valence-corrected chi connectivity index (χ1v) is 8.39. The minimum Gasteiger partial charge on any atom is -0.351 e. The van der Waals surface area contributed by atoms with Crippen LogP contribution in [0.1, 0.15) is 23.5 Å². The van der Waals surface area contributed by atoms with Gasteiger partial charge in [-0.3, -0.25) is 4.40 Å². The molecule has 6 heteroatoms. The number of hydrogen-bond acceptors (Lipinski definition) is 5. The van der Waals surface area contributed by atoms with Crippen LogP contribution in [0.5, 0.6) is 0 Å². The Labute approximate surface area is 126 Å². The molecule has 20 heavy (non-hydrogen) atoms. The molecule has 0 saturated carbocycles. The maximum atomic E-state index is 5.77. The van der Waals surface area contributed by atoms with Gasteiger partial charge in [0.2, 0.25) is 0 Å². The summed E-state index contributed by atoms with van der Waals surface area (Å²) in [5.41, 5.74) is 6.97. The fourth-order valence-corrected chi connectivity index (χ4v) is 3.93. The van der Waals surface area contributed by atoms with Crippen molar-refractivity contribution in [3.05, 3.63) is 39.7 Å². The van der Waals surface area contributed by atoms with Crippen molar-refractivity contribution in [2.45, 2.75) is 19.4 Å². The van der Waals surface area contributed by atoms with Crippen molar-refractivity contribution in [3.8, 4) is 0 Å². The summed E-state index contributed by atoms with van der Waals surface area (Å²) in [6.45, 7) is 2.85. The minimum absolute atomic E-state index is 0.316. The van der Waals surface area contributed by atoms with Crippen LogP contribution in [-0.4, -0.2) is 23.0 Å². The van der Waals surface area contributed by atoms with Gasteiger partial charge in [-0.05, 0) is 24.9 Å². The Morgan fingerprint density at radius 3 is 2.95 bits per heavy atom. The second-order valence-corrected chi connectivity index (χ2v) is 6.63. The lowest BCUT2D eigenvalue weighted by Crippen LogP contribution is -2.23. The number of anilines is 1. The Hall–Kier alpha value is -1.37. The number of hydrogen-bond donors (Lipinski definition) is 1. The molecule has 4 nitrogen and oxygen atoms in total. The number of thiazole rings is 1. The van der Waals surface area contributed by atoms with Gasteiger partial charge in [0.05, 0.1) is 11.7 Å². The number of thiophene rings is 1. The van der Waals surface area contributed by atoms with E-state index in [1.54, 1.807) is 22.7 Å². The molecule has 2 N–H and O–H groups in total. The molecular formula is C14H18N4S2. The number of rotatable bonds is 5. The summed E-state index contributed by atoms with van der Waals surface area (Å²) in [5, 5.41) is 4.18. The molecule has 0 aliphatic rings. The molecule has 3 rings (SSSR count). The smallest absolute Gasteiger partial charge is 0.195 e. The molecule has 3 aromatic heterocycles. The van der Waals surface area contributed by atoms with Gasteiger partial charge < -0.3 is 10.6 Å². The van der Waals surface area contributed by atoms with Gasteiger partial charge in [-0.1, -0.05) is 6.07 Å². The van der Waals surface area contributed by atoms with Gasteiger partial charge in [-0.15, -0.1) is 22.7 Å². The van der Waals surface area contributed by atoms with E-state index in [9.17, 15) is 0 Å². The molecule has 0 aliphatic carbocycles. The van der Waals surface area contributed by atoms with E-state index in [-0.39, 0.29) is 0 Å². The van der Waals surface area contributed by atoms with Gasteiger partial charge in [0.1, 0.15) is 0 Å². The van der Waals surface area contributed by atoms with Crippen molar-refractivity contribution in [2.75, 3.05) is 18.5 Å². The van der Waals surface area contributed by atoms with Gasteiger partial charge in [-0.2, -0.15) is 0 Å². The summed E-state index contributed by atoms with van der Waals surface area (Å²) >= 11 is 3.45. The van der Waals surface area contributed by atoms with Gasteiger partial charge in [0.15, 0.2) is 10.8 Å². The van der Waals surface area contributed by atoms with Gasteiger partial charge >= 0.3 is 0 Å². The quantitative estimate of drug-likeness (QED) is 0.787. The molecule has 0 saturated heterocycles. The Kier molecular flexibility index (Phi) is 3.78. The van der Waals surface area contributed by atoms with E-state index in [0.717, 1.165) is 17.2 Å². The largest absolute Gasteiger partial charge is 0.351 e. The van der Waals surface area contributed by atoms with Crippen LogP contribution < -0.4 is 10.6 Å². The highest BCUT2D eigenvalue weighted by Crippen LogP contribution is 2.31. The first kappa shape index (κ1) is 13.6. The van der Waals surface area contributed by atoms with Crippen molar-refractivity contribution in [1.29, 1.82) is 0 Å². The van der Waals surface area contributed by atoms with Crippen LogP contribution in [0.2, 0.25) is 0 Å². The fraction of sp³-hybridized carbons (Fsp3) is 0.357. The maximum absolute atomic E-state index is 5.77. The molecule has 0 aromatic carbocycles. The average molecular weight is 306 g/mol. The number of imidazole rings is 1. The standard InChI is InChI=1S/C14H18N4S2/c1-10(12-4-3-8-19-12)17(2)13-11(5-6-15)18-7-9-20-14(18)16-13/h3-4,7-10H,5-6,15H2,1-2H3. The Morgan fingerprint density at radius 2 is 2.25 bits per heavy atom. The molecule has 0 bridgehead atoms. The van der Waals surface area contributed by atoms with E-state index in [1.165, 1.54) is 10.6 Å². The highest BCUT2D eigenvalue weighted by atomic mass is 32.1. The minimum atomic E-state index is 0.316. The van der Waals surface area contributed by atoms with Crippen LogP contribution in [0.25, 0.3) is 4.96 Å². The van der Waals surface area contributed by atoms with Crippen molar-refractivity contribution < 1.29 is 0 Å². The highest BCUT2D eigenvalue weighted by molar-refractivity contribution is 7.15. The third-order valence-electron chi connectivity index (χ3n) is 3.59. The summed E-state index contributed by atoms with van der Waals surface area (Å²) in [6, 6.07) is 4.58. The van der Waals surface area contributed by atoms with Crippen LogP contribution in [0.3, 0.4) is 0 Å². The first-order valence-electron chi connectivity index (χ1n) is 6.63. The molecule has 1 atom stereocenters. The lowest BCUT2D eigenvalue weighted by atomic mass is 10.2. The van der Waals surface area contributed by atoms with E-state index in [0.29, 0.717) is 12.6 Å². The van der Waals surface area contributed by atoms with E-state index < -0.39 is 0 Å². The van der Waals surface area contributed by atoms with Crippen LogP contribution in [0.4, 0.5) is 5.82 Å². The fourth-order valence-electron chi connectivity index (χ4n) is 2.38. The van der Waals surface area contributed by atoms with Crippen LogP contribution in [0, 0.1) is 0 Å². The van der Waals surface area contributed by atoms with Crippen molar-refractivity contribution in [1.82, 2.24) is 9.38 Å². The molecule has 0 fully saturated rings. The Morgan fingerprint density at radius 1 is 1.40 bits per heavy atom. The Bertz CT molecular complexity index is 683. The topological polar surface area (TPSA) is 46.6 Å². The highest BCUT2D eigenvalue weighted by Gasteiger charge is 2.21. The molecule has 1 unspecified atom stereocenters. The first-order chi connectivity index (χ1) is 9.72. The zero-order valence-electron chi connectivity index (χ0n) is 11.6. The molecule has 3 aromatic rings. The van der Waals surface area contributed by atoms with Gasteiger partial charge in [-0.25, -0.2) is 4.98 Å². The SMILES string of the molecule is CC(c1cccs1)N(C)c1nc2sccn2c1CCN. The van der Waals surface area contributed by atoms with Crippen molar-refractivity contribution >= 4 is 33.5 Å². The Balaban J connectivity index is 2.00. The second-order valence-electron chi connectivity index (χ2n) is 4.78. The summed E-state index contributed by atoms with van der Waals surface area (Å²) in [4.78, 5) is 9.41. The van der Waals surface area contributed by atoms with Crippen molar-refractivity contribution in [3.63, 3.8) is 0 Å². The third-order valence-corrected chi connectivity index (χ3v) is 5.39. The van der Waals surface area contributed by atoms with Gasteiger partial charge in [0, 0.05) is 29.9 Å². The zero-order valence-corrected chi connectivity index (χ0v) is 13.2. The molecule has 0 radical (unpaired) electrons. The lowest BCUT2D eigenvalue weighted by Gasteiger charge is -2.25. The normalized spacial score (nSPS) is 12.9. The van der Waals surface area contributed by atoms with E-state index in [2.05, 4.69) is 52.4 Å². The monoisotopic (exact) mass is 306 g/mol. The molecule has 0 amide bonds. The lowest BCUT2D eigenvalue weighted by molar-refractivity contribution is 0.736. The molecule has 0 aliphatic heterocycles. The maximum Gasteiger partial charge on any atom is 0.195 e. The predicted octanol–water partition coefficient (Wildman–Crippen LogP) is 3.16. The van der Waals surface area contributed by atoms with E-state index >= 15 is 0 Å². The molecule has 3 heterocycles. The number of aromatic nitrogens is 2. The van der Waals surface area contributed by atoms with E-state index in [4.69, 9.17) is 10.7 Å².